The Morgan fingerprint density at radius 2 is 1.59 bits per heavy atom. The quantitative estimate of drug-likeness (QED) is 0.142. The van der Waals surface area contributed by atoms with E-state index < -0.39 is 41.0 Å². The Bertz CT molecular complexity index is 1120. The van der Waals surface area contributed by atoms with Crippen molar-refractivity contribution < 1.29 is 38.8 Å². The maximum atomic E-state index is 13.3. The lowest BCUT2D eigenvalue weighted by atomic mass is 9.79. The zero-order chi connectivity index (χ0) is 35.4. The minimum atomic E-state index is -1.14. The predicted octanol–water partition coefficient (Wildman–Crippen LogP) is 5.11. The van der Waals surface area contributed by atoms with Crippen molar-refractivity contribution >= 4 is 17.9 Å². The van der Waals surface area contributed by atoms with E-state index in [9.17, 15) is 24.6 Å². The summed E-state index contributed by atoms with van der Waals surface area (Å²) in [6.07, 6.45) is -0.489. The number of hydrogen-bond donors (Lipinski definition) is 4. The van der Waals surface area contributed by atoms with Crippen LogP contribution in [0, 0.1) is 29.1 Å². The number of nitrogens with zero attached hydrogens (tertiary/aromatic N) is 1. The second-order valence-corrected chi connectivity index (χ2v) is 14.6. The number of ether oxygens (including phenoxy) is 3. The third kappa shape index (κ3) is 12.6. The smallest absolute Gasteiger partial charge is 0.408 e. The average molecular weight is 652 g/mol. The lowest BCUT2D eigenvalue weighted by molar-refractivity contribution is -0.130. The van der Waals surface area contributed by atoms with Gasteiger partial charge in [0.25, 0.3) is 0 Å². The Labute approximate surface area is 276 Å². The summed E-state index contributed by atoms with van der Waals surface area (Å²) >= 11 is 0. The van der Waals surface area contributed by atoms with Gasteiger partial charge in [0.05, 0.1) is 31.3 Å². The number of benzene rings is 1. The first-order valence-electron chi connectivity index (χ1n) is 16.3. The Balaban J connectivity index is 3.40. The zero-order valence-electron chi connectivity index (χ0n) is 30.0. The van der Waals surface area contributed by atoms with Crippen molar-refractivity contribution in [1.82, 2.24) is 10.2 Å². The lowest BCUT2D eigenvalue weighted by Crippen LogP contribution is -2.57. The van der Waals surface area contributed by atoms with Gasteiger partial charge in [0.15, 0.2) is 11.5 Å². The molecule has 0 aromatic heterocycles. The number of methoxy groups -OCH3 is 2. The third-order valence-electron chi connectivity index (χ3n) is 8.68. The second-order valence-electron chi connectivity index (χ2n) is 14.6. The van der Waals surface area contributed by atoms with Gasteiger partial charge < -0.3 is 35.5 Å². The van der Waals surface area contributed by atoms with Crippen molar-refractivity contribution in [3.63, 3.8) is 0 Å². The molecule has 0 bridgehead atoms. The normalized spacial score (nSPS) is 14.8. The van der Waals surface area contributed by atoms with E-state index in [0.29, 0.717) is 37.6 Å². The molecule has 0 aliphatic carbocycles. The molecule has 46 heavy (non-hydrogen) atoms. The molecule has 11 heteroatoms. The fourth-order valence-electron chi connectivity index (χ4n) is 5.54. The highest BCUT2D eigenvalue weighted by molar-refractivity contribution is 5.83. The molecule has 0 fully saturated rings. The molecule has 0 spiro atoms. The van der Waals surface area contributed by atoms with Crippen LogP contribution in [0.3, 0.4) is 0 Å². The number of carboxylic acid groups (broad SMARTS) is 1. The highest BCUT2D eigenvalue weighted by Gasteiger charge is 2.41. The van der Waals surface area contributed by atoms with E-state index in [4.69, 9.17) is 19.9 Å². The van der Waals surface area contributed by atoms with Crippen LogP contribution in [0.5, 0.6) is 11.5 Å². The van der Waals surface area contributed by atoms with Crippen LogP contribution in [0.2, 0.25) is 0 Å². The van der Waals surface area contributed by atoms with Crippen LogP contribution in [-0.2, 0) is 20.7 Å². The zero-order valence-corrected chi connectivity index (χ0v) is 30.0. The number of rotatable bonds is 20. The van der Waals surface area contributed by atoms with E-state index in [-0.39, 0.29) is 36.6 Å². The number of amides is 3. The van der Waals surface area contributed by atoms with Gasteiger partial charge in [-0.05, 0) is 89.3 Å². The van der Waals surface area contributed by atoms with Crippen molar-refractivity contribution in [2.75, 3.05) is 34.0 Å². The fraction of sp³-hybridized carbons (Fsp3) is 0.743. The number of primary amides is 1. The van der Waals surface area contributed by atoms with E-state index >= 15 is 0 Å². The van der Waals surface area contributed by atoms with Crippen molar-refractivity contribution in [3.05, 3.63) is 23.8 Å². The van der Waals surface area contributed by atoms with Crippen LogP contribution < -0.4 is 20.5 Å². The standard InChI is InChI=1S/C35H61N3O8/c1-22(2)25(17-24-13-14-29(45-11)30(18-24)46-16-12-15-44-10)19-27(38(33(42)43)34(5,6)7)28(39)20-26(23(3)4)31(40)37-21-35(8,9)32(36)41/h13-14,18,22-23,25-28,39H,12,15-17,19-21H2,1-11H3,(H2,36,41)(H,37,40)(H,42,43)/t25-,26+,27+,28-/m1/s1. The van der Waals surface area contributed by atoms with E-state index in [2.05, 4.69) is 19.2 Å². The molecule has 0 aliphatic rings. The Hall–Kier alpha value is -3.05. The summed E-state index contributed by atoms with van der Waals surface area (Å²) in [5.74, 6) is -0.218. The molecular formula is C35H61N3O8. The molecule has 0 saturated carbocycles. The SMILES string of the molecule is COCCCOc1cc(C[C@H](C[C@@H]([C@H](O)C[C@H](C(=O)NCC(C)(C)C(N)=O)C(C)C)N(C(=O)O)C(C)(C)C)C(C)C)ccc1OC. The van der Waals surface area contributed by atoms with Gasteiger partial charge in [-0.15, -0.1) is 0 Å². The van der Waals surface area contributed by atoms with Crippen molar-refractivity contribution in [2.24, 2.45) is 34.8 Å². The van der Waals surface area contributed by atoms with Crippen LogP contribution >= 0.6 is 0 Å². The molecule has 4 atom stereocenters. The number of hydrogen-bond acceptors (Lipinski definition) is 7. The first-order chi connectivity index (χ1) is 21.3. The highest BCUT2D eigenvalue weighted by atomic mass is 16.5. The average Bonchev–Trinajstić information content (AvgIpc) is 2.94. The summed E-state index contributed by atoms with van der Waals surface area (Å²) in [6.45, 7) is 17.8. The van der Waals surface area contributed by atoms with Gasteiger partial charge in [0.1, 0.15) is 0 Å². The largest absolute Gasteiger partial charge is 0.493 e. The topological polar surface area (TPSA) is 161 Å². The number of aliphatic hydroxyl groups excluding tert-OH is 1. The van der Waals surface area contributed by atoms with Crippen molar-refractivity contribution in [3.8, 4) is 11.5 Å². The van der Waals surface area contributed by atoms with Crippen LogP contribution in [0.25, 0.3) is 0 Å². The van der Waals surface area contributed by atoms with Gasteiger partial charge in [-0.2, -0.15) is 0 Å². The van der Waals surface area contributed by atoms with E-state index in [1.54, 1.807) is 48.8 Å². The summed E-state index contributed by atoms with van der Waals surface area (Å²) in [7, 11) is 3.24. The van der Waals surface area contributed by atoms with Gasteiger partial charge >= 0.3 is 6.09 Å². The van der Waals surface area contributed by atoms with Crippen LogP contribution in [0.4, 0.5) is 4.79 Å². The Kier molecular flexibility index (Phi) is 16.3. The van der Waals surface area contributed by atoms with Gasteiger partial charge in [0.2, 0.25) is 11.8 Å². The number of nitrogens with one attached hydrogen (secondary N) is 1. The molecule has 264 valence electrons. The highest BCUT2D eigenvalue weighted by Crippen LogP contribution is 2.34. The van der Waals surface area contributed by atoms with Crippen LogP contribution in [0.1, 0.15) is 87.1 Å². The number of carbonyl (C=O) groups excluding carboxylic acids is 2. The minimum absolute atomic E-state index is 0.0127. The van der Waals surface area contributed by atoms with E-state index in [1.165, 1.54) is 4.90 Å². The summed E-state index contributed by atoms with van der Waals surface area (Å²) in [5.41, 5.74) is 4.74. The molecule has 3 amide bonds. The van der Waals surface area contributed by atoms with Gasteiger partial charge in [0, 0.05) is 38.1 Å². The second kappa shape index (κ2) is 18.3. The first kappa shape index (κ1) is 41.0. The first-order valence-corrected chi connectivity index (χ1v) is 16.3. The third-order valence-corrected chi connectivity index (χ3v) is 8.68. The maximum Gasteiger partial charge on any atom is 0.408 e. The predicted molar refractivity (Wildman–Crippen MR) is 180 cm³/mol. The van der Waals surface area contributed by atoms with Gasteiger partial charge in [-0.3, -0.25) is 14.5 Å². The molecule has 0 unspecified atom stereocenters. The number of nitrogens with two attached hydrogens (primary N) is 1. The van der Waals surface area contributed by atoms with Gasteiger partial charge in [-0.25, -0.2) is 4.79 Å². The van der Waals surface area contributed by atoms with E-state index in [0.717, 1.165) is 12.0 Å². The van der Waals surface area contributed by atoms with Gasteiger partial charge in [-0.1, -0.05) is 33.8 Å². The molecule has 11 nitrogen and oxygen atoms in total. The number of carbonyl (C=O) groups is 3. The molecule has 1 aromatic rings. The molecule has 5 N–H and O–H groups in total. The fourth-order valence-corrected chi connectivity index (χ4v) is 5.54. The van der Waals surface area contributed by atoms with Crippen molar-refractivity contribution in [1.29, 1.82) is 0 Å². The Morgan fingerprint density at radius 1 is 0.957 bits per heavy atom. The summed E-state index contributed by atoms with van der Waals surface area (Å²) in [4.78, 5) is 39.2. The van der Waals surface area contributed by atoms with Crippen molar-refractivity contribution in [2.45, 2.75) is 106 Å². The minimum Gasteiger partial charge on any atom is -0.493 e. The molecule has 0 saturated heterocycles. The number of aliphatic hydroxyl groups is 1. The summed E-state index contributed by atoms with van der Waals surface area (Å²) < 4.78 is 16.6. The molecule has 0 radical (unpaired) electrons. The van der Waals surface area contributed by atoms with E-state index in [1.807, 2.05) is 32.0 Å². The molecule has 0 aliphatic heterocycles. The molecule has 0 heterocycles. The lowest BCUT2D eigenvalue weighted by Gasteiger charge is -2.44. The summed E-state index contributed by atoms with van der Waals surface area (Å²) in [6, 6.07) is 5.02. The van der Waals surface area contributed by atoms with Crippen LogP contribution in [0.15, 0.2) is 18.2 Å². The monoisotopic (exact) mass is 651 g/mol. The summed E-state index contributed by atoms with van der Waals surface area (Å²) in [5, 5.41) is 25.1. The molecular weight excluding hydrogens is 590 g/mol. The maximum absolute atomic E-state index is 13.3. The Morgan fingerprint density at radius 3 is 2.07 bits per heavy atom. The molecule has 1 aromatic carbocycles. The van der Waals surface area contributed by atoms with Crippen LogP contribution in [-0.4, -0.2) is 84.7 Å². The molecule has 1 rings (SSSR count).